The molecule has 10 heterocycles. The van der Waals surface area contributed by atoms with Crippen LogP contribution in [0.4, 0.5) is 52.7 Å². The quantitative estimate of drug-likeness (QED) is 0.0454. The number of aromatic nitrogens is 15. The molecule has 0 fully saturated rings. The van der Waals surface area contributed by atoms with Gasteiger partial charge in [-0.3, -0.25) is 0 Å². The predicted octanol–water partition coefficient (Wildman–Crippen LogP) is 24.4. The molecule has 45 heteroatoms. The Balaban J connectivity index is 0.000000128. The van der Waals surface area contributed by atoms with Crippen LogP contribution in [0, 0.1) is 31.3 Å². The highest BCUT2D eigenvalue weighted by atomic mass is 35.5. The van der Waals surface area contributed by atoms with Gasteiger partial charge in [-0.2, -0.15) is 0 Å². The fraction of sp³-hybridized carbons (Fsp3) is 0.133. The summed E-state index contributed by atoms with van der Waals surface area (Å²) in [5, 5.41) is 22.4. The molecule has 0 unspecified atom stereocenters. The zero-order valence-corrected chi connectivity index (χ0v) is 75.8. The molecule has 20 rings (SSSR count). The van der Waals surface area contributed by atoms with Gasteiger partial charge < -0.3 is 74.7 Å². The number of nitrogens with zero attached hydrogens (tertiary/aromatic N) is 15. The van der Waals surface area contributed by atoms with Gasteiger partial charge in [0.2, 0.25) is 5.58 Å². The number of fused-ring (bicyclic) bond motifs is 5. The molecule has 20 aromatic rings. The summed E-state index contributed by atoms with van der Waals surface area (Å²) in [6, 6.07) is 49.3. The minimum absolute atomic E-state index is 0.00218. The van der Waals surface area contributed by atoms with Crippen LogP contribution in [0.3, 0.4) is 0 Å². The first-order valence-electron chi connectivity index (χ1n) is 41.8. The molecule has 0 saturated carbocycles. The number of benzene rings is 10. The lowest BCUT2D eigenvalue weighted by Gasteiger charge is -2.14. The fourth-order valence-electron chi connectivity index (χ4n) is 13.8. The molecule has 0 aliphatic carbocycles. The van der Waals surface area contributed by atoms with Crippen LogP contribution in [0.5, 0.6) is 63.9 Å². The number of hydrogen-bond donors (Lipinski definition) is 0. The number of hydrogen-bond acceptors (Lipinski definition) is 31. The van der Waals surface area contributed by atoms with Gasteiger partial charge in [-0.25, -0.2) is 63.0 Å². The zero-order valence-electron chi connectivity index (χ0n) is 74.3. The highest BCUT2D eigenvalue weighted by Crippen LogP contribution is 2.45. The van der Waals surface area contributed by atoms with E-state index in [9.17, 15) is 52.7 Å². The van der Waals surface area contributed by atoms with Crippen molar-refractivity contribution < 1.29 is 127 Å². The summed E-state index contributed by atoms with van der Waals surface area (Å²) < 4.78 is 236. The third-order valence-electron chi connectivity index (χ3n) is 20.3. The van der Waals surface area contributed by atoms with Crippen LogP contribution < -0.4 is 52.1 Å². The van der Waals surface area contributed by atoms with Crippen molar-refractivity contribution in [3.05, 3.63) is 324 Å². The van der Waals surface area contributed by atoms with Crippen molar-refractivity contribution in [1.82, 2.24) is 75.6 Å². The topological polar surface area (TPSA) is 361 Å². The standard InChI is InChI=1S/C21H16F3N3O4.C20H14F3N3O3.2C19H13ClFN3O3.C19H11F4N3O3/c1-12-8-13(4-5-16(12)30-21(22,23)24)14-9-15-18(10-17(14)28-2)31-27-20(15)29-11-19-25-6-3-7-26-19;1-12-9-14(13-3-5-15(6-4-13)28-20(21,22)23)10-16-18(12)29-26-19(16)27-11-17-24-7-2-8-25-17;1-25-16-9-17-13(8-12(16)11-3-4-15(21)14(20)7-11)19(24-27-17)26-10-18-22-5-2-6-23-18;1-25-16-9-17-13(8-12(16)11-3-4-14(20)15(21)7-11)19(24-27-17)26-10-18-22-5-2-6-23-18;20-15-9-12(11-2-4-13(5-3-11)28-19(21,22)23)8-14-17(15)29-26-18(14)27-10-16-24-6-1-7-25-16/h3-10H,11H2,1-2H3;2-10H,11H2,1H3;2*2-9H,10H2,1H3;1-9H,10H2. The molecule has 0 aliphatic rings. The number of aryl methyl sites for hydroxylation is 2. The summed E-state index contributed by atoms with van der Waals surface area (Å²) >= 11 is 11.7. The summed E-state index contributed by atoms with van der Waals surface area (Å²) in [4.78, 5) is 40.8. The van der Waals surface area contributed by atoms with Crippen LogP contribution in [-0.2, 0) is 33.0 Å². The van der Waals surface area contributed by atoms with Crippen LogP contribution in [0.15, 0.2) is 279 Å². The highest BCUT2D eigenvalue weighted by molar-refractivity contribution is 6.31. The Morgan fingerprint density at radius 1 is 0.273 bits per heavy atom. The largest absolute Gasteiger partial charge is 0.573 e. The van der Waals surface area contributed by atoms with Crippen molar-refractivity contribution in [2.24, 2.45) is 0 Å². The van der Waals surface area contributed by atoms with Crippen LogP contribution in [0.1, 0.15) is 40.2 Å². The van der Waals surface area contributed by atoms with E-state index in [1.165, 1.54) is 95.0 Å². The van der Waals surface area contributed by atoms with Gasteiger partial charge in [-0.1, -0.05) is 65.7 Å². The molecule has 0 spiro atoms. The van der Waals surface area contributed by atoms with Crippen molar-refractivity contribution in [2.75, 3.05) is 21.3 Å². The van der Waals surface area contributed by atoms with Crippen molar-refractivity contribution in [3.8, 4) is 120 Å². The normalized spacial score (nSPS) is 11.3. The average Bonchev–Trinajstić information content (AvgIpc) is 1.66. The number of ether oxygens (including phenoxy) is 11. The third kappa shape index (κ3) is 25.2. The molecule has 10 aromatic carbocycles. The predicted molar refractivity (Wildman–Crippen MR) is 488 cm³/mol. The molecular formula is C98H67Cl2F12N15O16. The Labute approximate surface area is 807 Å². The second kappa shape index (κ2) is 44.1. The Morgan fingerprint density at radius 2 is 0.580 bits per heavy atom. The summed E-state index contributed by atoms with van der Waals surface area (Å²) in [7, 11) is 4.55. The molecule has 728 valence electrons. The molecule has 0 bridgehead atoms. The summed E-state index contributed by atoms with van der Waals surface area (Å²) in [6.07, 6.45) is 1.78. The summed E-state index contributed by atoms with van der Waals surface area (Å²) in [5.74, 6) is 2.47. The average molecular weight is 2010 g/mol. The Kier molecular flexibility index (Phi) is 30.4. The Bertz CT molecular complexity index is 7430. The lowest BCUT2D eigenvalue weighted by molar-refractivity contribution is -0.275. The maximum Gasteiger partial charge on any atom is 0.573 e. The molecule has 10 aromatic heterocycles. The van der Waals surface area contributed by atoms with E-state index < -0.39 is 36.5 Å². The molecule has 0 N–H and O–H groups in total. The van der Waals surface area contributed by atoms with E-state index in [1.807, 2.05) is 13.0 Å². The number of alkyl halides is 9. The number of rotatable bonds is 26. The highest BCUT2D eigenvalue weighted by Gasteiger charge is 2.34. The summed E-state index contributed by atoms with van der Waals surface area (Å²) in [6.45, 7) is 3.87. The van der Waals surface area contributed by atoms with Crippen molar-refractivity contribution in [3.63, 3.8) is 0 Å². The van der Waals surface area contributed by atoms with Crippen LogP contribution in [-0.4, -0.2) is 116 Å². The van der Waals surface area contributed by atoms with Gasteiger partial charge in [0.25, 0.3) is 29.4 Å². The Morgan fingerprint density at radius 3 is 0.937 bits per heavy atom. The number of methoxy groups -OCH3 is 3. The van der Waals surface area contributed by atoms with E-state index in [1.54, 1.807) is 171 Å². The summed E-state index contributed by atoms with van der Waals surface area (Å²) in [5.41, 5.74) is 9.27. The second-order valence-corrected chi connectivity index (χ2v) is 30.6. The molecule has 0 radical (unpaired) electrons. The van der Waals surface area contributed by atoms with Gasteiger partial charge in [0.15, 0.2) is 57.3 Å². The van der Waals surface area contributed by atoms with E-state index in [2.05, 4.69) is 89.8 Å². The smallest absolute Gasteiger partial charge is 0.496 e. The maximum absolute atomic E-state index is 14.4. The minimum atomic E-state index is -4.79. The van der Waals surface area contributed by atoms with Crippen LogP contribution >= 0.6 is 23.2 Å². The molecule has 31 nitrogen and oxygen atoms in total. The van der Waals surface area contributed by atoms with Gasteiger partial charge in [-0.05, 0) is 223 Å². The minimum Gasteiger partial charge on any atom is -0.496 e. The monoisotopic (exact) mass is 2010 g/mol. The first-order chi connectivity index (χ1) is 68.9. The lowest BCUT2D eigenvalue weighted by Crippen LogP contribution is -2.17. The first kappa shape index (κ1) is 98.5. The molecule has 0 atom stereocenters. The SMILES string of the molecule is COc1cc2onc(OCc3ncccn3)c2cc1-c1ccc(Cl)c(F)c1.COc1cc2onc(OCc3ncccn3)c2cc1-c1ccc(F)c(Cl)c1.COc1cc2onc(OCc3ncccn3)c2cc1-c1ccc(OC(F)(F)F)c(C)c1.Cc1cc(-c2ccc(OC(F)(F)F)cc2)cc2c(OCc3ncccn3)noc12.Fc1cc(-c2ccc(OC(F)(F)F)cc2)cc2c(OCc3ncccn3)noc12. The van der Waals surface area contributed by atoms with Crippen molar-refractivity contribution in [2.45, 2.75) is 66.0 Å². The lowest BCUT2D eigenvalue weighted by atomic mass is 10.0. The van der Waals surface area contributed by atoms with E-state index in [4.69, 9.17) is 83.7 Å². The van der Waals surface area contributed by atoms with E-state index in [0.717, 1.165) is 23.3 Å². The number of halogens is 14. The van der Waals surface area contributed by atoms with Crippen molar-refractivity contribution in [1.29, 1.82) is 0 Å². The fourth-order valence-corrected chi connectivity index (χ4v) is 14.1. The molecular weight excluding hydrogens is 1940 g/mol. The van der Waals surface area contributed by atoms with Crippen LogP contribution in [0.25, 0.3) is 110 Å². The van der Waals surface area contributed by atoms with Crippen LogP contribution in [0.2, 0.25) is 10.0 Å². The van der Waals surface area contributed by atoms with Gasteiger partial charge in [0, 0.05) is 96.9 Å². The van der Waals surface area contributed by atoms with E-state index in [-0.39, 0.29) is 94.8 Å². The molecule has 0 saturated heterocycles. The molecule has 0 aliphatic heterocycles. The van der Waals surface area contributed by atoms with Gasteiger partial charge in [0.05, 0.1) is 58.3 Å². The molecule has 143 heavy (non-hydrogen) atoms. The van der Waals surface area contributed by atoms with E-state index >= 15 is 0 Å². The van der Waals surface area contributed by atoms with Crippen molar-refractivity contribution >= 4 is 78.0 Å². The third-order valence-corrected chi connectivity index (χ3v) is 20.9. The van der Waals surface area contributed by atoms with Gasteiger partial charge in [0.1, 0.15) is 79.2 Å². The van der Waals surface area contributed by atoms with Gasteiger partial charge in [-0.15, -0.1) is 39.5 Å². The Hall–Kier alpha value is -17.5. The maximum atomic E-state index is 14.4. The first-order valence-corrected chi connectivity index (χ1v) is 42.5. The zero-order chi connectivity index (χ0) is 100. The molecule has 0 amide bonds. The van der Waals surface area contributed by atoms with E-state index in [0.29, 0.717) is 152 Å². The van der Waals surface area contributed by atoms with Gasteiger partial charge >= 0.3 is 19.1 Å². The second-order valence-electron chi connectivity index (χ2n) is 29.8.